The molecular formula is C25H33ClN4O4. The fourth-order valence-corrected chi connectivity index (χ4v) is 5.26. The third-order valence-electron chi connectivity index (χ3n) is 6.91. The number of carbonyl (C=O) groups excluding carboxylic acids is 2. The molecule has 184 valence electrons. The van der Waals surface area contributed by atoms with Crippen LogP contribution >= 0.6 is 11.6 Å². The third-order valence-corrected chi connectivity index (χ3v) is 7.19. The molecule has 1 amide bonds. The van der Waals surface area contributed by atoms with Crippen molar-refractivity contribution in [2.45, 2.75) is 58.3 Å². The predicted octanol–water partition coefficient (Wildman–Crippen LogP) is 5.06. The standard InChI is InChI=1S/C25H33ClN4O4/c1-17-21(16-34-29-17)23(31)14-20(18-7-5-3-2-4-6-8-18)25(32)28-19-13-22(26)24(27-15-19)30-9-11-33-12-10-30/h13,15-16,18,20H,2-12,14H2,1H3,(H,28,32). The van der Waals surface area contributed by atoms with Gasteiger partial charge in [0, 0.05) is 25.4 Å². The molecule has 1 saturated heterocycles. The van der Waals surface area contributed by atoms with Crippen molar-refractivity contribution in [1.29, 1.82) is 0 Å². The van der Waals surface area contributed by atoms with Crippen LogP contribution in [0.3, 0.4) is 0 Å². The molecule has 1 aliphatic carbocycles. The van der Waals surface area contributed by atoms with E-state index >= 15 is 0 Å². The summed E-state index contributed by atoms with van der Waals surface area (Å²) in [7, 11) is 0. The smallest absolute Gasteiger partial charge is 0.228 e. The van der Waals surface area contributed by atoms with Gasteiger partial charge in [0.25, 0.3) is 0 Å². The largest absolute Gasteiger partial charge is 0.378 e. The van der Waals surface area contributed by atoms with E-state index in [0.29, 0.717) is 41.0 Å². The van der Waals surface area contributed by atoms with Gasteiger partial charge in [-0.1, -0.05) is 48.9 Å². The van der Waals surface area contributed by atoms with Gasteiger partial charge in [-0.2, -0.15) is 0 Å². The number of nitrogens with one attached hydrogen (secondary N) is 1. The first-order valence-corrected chi connectivity index (χ1v) is 12.6. The molecule has 0 radical (unpaired) electrons. The van der Waals surface area contributed by atoms with E-state index in [4.69, 9.17) is 20.9 Å². The van der Waals surface area contributed by atoms with Crippen LogP contribution in [-0.2, 0) is 9.53 Å². The predicted molar refractivity (Wildman–Crippen MR) is 130 cm³/mol. The number of ketones is 1. The number of anilines is 2. The highest BCUT2D eigenvalue weighted by molar-refractivity contribution is 6.33. The Labute approximate surface area is 205 Å². The fourth-order valence-electron chi connectivity index (χ4n) is 4.98. The van der Waals surface area contributed by atoms with E-state index in [1.165, 1.54) is 25.5 Å². The van der Waals surface area contributed by atoms with E-state index in [1.54, 1.807) is 19.2 Å². The molecule has 9 heteroatoms. The summed E-state index contributed by atoms with van der Waals surface area (Å²) in [6, 6.07) is 1.73. The highest BCUT2D eigenvalue weighted by atomic mass is 35.5. The molecule has 34 heavy (non-hydrogen) atoms. The number of carbonyl (C=O) groups is 2. The first-order valence-electron chi connectivity index (χ1n) is 12.3. The first-order chi connectivity index (χ1) is 16.5. The van der Waals surface area contributed by atoms with Gasteiger partial charge in [0.15, 0.2) is 5.78 Å². The SMILES string of the molecule is Cc1nocc1C(=O)CC(C(=O)Nc1cnc(N2CCOCC2)c(Cl)c1)C1CCCCCCC1. The van der Waals surface area contributed by atoms with Crippen molar-refractivity contribution in [1.82, 2.24) is 10.1 Å². The molecule has 8 nitrogen and oxygen atoms in total. The van der Waals surface area contributed by atoms with Gasteiger partial charge in [-0.3, -0.25) is 9.59 Å². The number of rotatable bonds is 7. The zero-order valence-electron chi connectivity index (χ0n) is 19.7. The lowest BCUT2D eigenvalue weighted by atomic mass is 9.78. The maximum atomic E-state index is 13.5. The number of Topliss-reactive ketones (excluding diaryl/α,β-unsaturated/α-hetero) is 1. The number of hydrogen-bond acceptors (Lipinski definition) is 7. The van der Waals surface area contributed by atoms with Gasteiger partial charge in [0.1, 0.15) is 12.1 Å². The maximum Gasteiger partial charge on any atom is 0.228 e. The number of hydrogen-bond donors (Lipinski definition) is 1. The van der Waals surface area contributed by atoms with Crippen molar-refractivity contribution >= 4 is 34.8 Å². The molecular weight excluding hydrogens is 456 g/mol. The Morgan fingerprint density at radius 2 is 1.88 bits per heavy atom. The topological polar surface area (TPSA) is 97.6 Å². The molecule has 2 aromatic heterocycles. The zero-order chi connectivity index (χ0) is 23.9. The van der Waals surface area contributed by atoms with Crippen LogP contribution in [0.1, 0.15) is 67.4 Å². The summed E-state index contributed by atoms with van der Waals surface area (Å²) in [5.74, 6) is 0.139. The number of pyridine rings is 1. The minimum Gasteiger partial charge on any atom is -0.378 e. The highest BCUT2D eigenvalue weighted by Crippen LogP contribution is 2.33. The van der Waals surface area contributed by atoms with Crippen molar-refractivity contribution in [3.63, 3.8) is 0 Å². The van der Waals surface area contributed by atoms with E-state index in [-0.39, 0.29) is 24.0 Å². The van der Waals surface area contributed by atoms with Gasteiger partial charge in [0.05, 0.1) is 41.4 Å². The maximum absolute atomic E-state index is 13.5. The van der Waals surface area contributed by atoms with E-state index in [2.05, 4.69) is 20.4 Å². The fraction of sp³-hybridized carbons (Fsp3) is 0.600. The summed E-state index contributed by atoms with van der Waals surface area (Å²) < 4.78 is 10.4. The van der Waals surface area contributed by atoms with Gasteiger partial charge < -0.3 is 19.5 Å². The quantitative estimate of drug-likeness (QED) is 0.544. The normalized spacial score (nSPS) is 18.7. The number of aryl methyl sites for hydroxylation is 1. The summed E-state index contributed by atoms with van der Waals surface area (Å²) in [4.78, 5) is 33.1. The number of ether oxygens (including phenoxy) is 1. The molecule has 4 rings (SSSR count). The highest BCUT2D eigenvalue weighted by Gasteiger charge is 2.32. The first kappa shape index (κ1) is 24.7. The van der Waals surface area contributed by atoms with Crippen molar-refractivity contribution in [3.05, 3.63) is 34.8 Å². The summed E-state index contributed by atoms with van der Waals surface area (Å²) >= 11 is 6.52. The lowest BCUT2D eigenvalue weighted by Crippen LogP contribution is -2.37. The average molecular weight is 489 g/mol. The van der Waals surface area contributed by atoms with E-state index in [0.717, 1.165) is 38.8 Å². The number of morpholine rings is 1. The number of amides is 1. The Morgan fingerprint density at radius 1 is 1.18 bits per heavy atom. The number of nitrogens with zero attached hydrogens (tertiary/aromatic N) is 3. The minimum atomic E-state index is -0.433. The van der Waals surface area contributed by atoms with Gasteiger partial charge in [0.2, 0.25) is 5.91 Å². The minimum absolute atomic E-state index is 0.111. The summed E-state index contributed by atoms with van der Waals surface area (Å²) in [5, 5.41) is 7.30. The van der Waals surface area contributed by atoms with E-state index < -0.39 is 5.92 Å². The molecule has 1 saturated carbocycles. The van der Waals surface area contributed by atoms with Gasteiger partial charge in [-0.15, -0.1) is 0 Å². The summed E-state index contributed by atoms with van der Waals surface area (Å²) in [6.07, 6.45) is 10.8. The van der Waals surface area contributed by atoms with Crippen LogP contribution in [0.4, 0.5) is 11.5 Å². The lowest BCUT2D eigenvalue weighted by Gasteiger charge is -2.29. The van der Waals surface area contributed by atoms with Crippen molar-refractivity contribution in [2.24, 2.45) is 11.8 Å². The molecule has 0 aromatic carbocycles. The van der Waals surface area contributed by atoms with Crippen LogP contribution in [-0.4, -0.2) is 48.1 Å². The molecule has 2 aromatic rings. The van der Waals surface area contributed by atoms with E-state index in [1.807, 2.05) is 0 Å². The lowest BCUT2D eigenvalue weighted by molar-refractivity contribution is -0.121. The molecule has 2 fully saturated rings. The second kappa shape index (κ2) is 11.8. The molecule has 1 aliphatic heterocycles. The number of aromatic nitrogens is 2. The van der Waals surface area contributed by atoms with Crippen LogP contribution in [0.15, 0.2) is 23.0 Å². The van der Waals surface area contributed by atoms with Crippen molar-refractivity contribution < 1.29 is 18.8 Å². The Kier molecular flexibility index (Phi) is 8.56. The van der Waals surface area contributed by atoms with Gasteiger partial charge >= 0.3 is 0 Å². The second-order valence-corrected chi connectivity index (χ2v) is 9.68. The van der Waals surface area contributed by atoms with Crippen LogP contribution in [0.2, 0.25) is 5.02 Å². The Bertz CT molecular complexity index is 981. The van der Waals surface area contributed by atoms with Crippen LogP contribution < -0.4 is 10.2 Å². The van der Waals surface area contributed by atoms with Crippen molar-refractivity contribution in [3.8, 4) is 0 Å². The Morgan fingerprint density at radius 3 is 2.53 bits per heavy atom. The Balaban J connectivity index is 1.50. The molecule has 0 spiro atoms. The second-order valence-electron chi connectivity index (χ2n) is 9.27. The molecule has 1 atom stereocenters. The van der Waals surface area contributed by atoms with Gasteiger partial charge in [-0.25, -0.2) is 4.98 Å². The average Bonchev–Trinajstić information content (AvgIpc) is 3.24. The van der Waals surface area contributed by atoms with Crippen molar-refractivity contribution in [2.75, 3.05) is 36.5 Å². The van der Waals surface area contributed by atoms with Crippen LogP contribution in [0, 0.1) is 18.8 Å². The molecule has 1 unspecified atom stereocenters. The molecule has 1 N–H and O–H groups in total. The monoisotopic (exact) mass is 488 g/mol. The summed E-state index contributed by atoms with van der Waals surface area (Å²) in [5.41, 5.74) is 1.54. The molecule has 0 bridgehead atoms. The van der Waals surface area contributed by atoms with Crippen LogP contribution in [0.25, 0.3) is 0 Å². The van der Waals surface area contributed by atoms with Crippen LogP contribution in [0.5, 0.6) is 0 Å². The molecule has 3 heterocycles. The zero-order valence-corrected chi connectivity index (χ0v) is 20.5. The molecule has 2 aliphatic rings. The summed E-state index contributed by atoms with van der Waals surface area (Å²) in [6.45, 7) is 4.48. The van der Waals surface area contributed by atoms with E-state index in [9.17, 15) is 9.59 Å². The Hall–Kier alpha value is -2.45. The number of halogens is 1. The third kappa shape index (κ3) is 6.16. The van der Waals surface area contributed by atoms with Gasteiger partial charge in [-0.05, 0) is 31.7 Å².